The second-order valence-electron chi connectivity index (χ2n) is 6.73. The molecule has 0 spiro atoms. The Bertz CT molecular complexity index is 973. The van der Waals surface area contributed by atoms with Crippen molar-refractivity contribution in [1.29, 1.82) is 0 Å². The maximum absolute atomic E-state index is 13.0. The third kappa shape index (κ3) is 4.95. The summed E-state index contributed by atoms with van der Waals surface area (Å²) in [6.45, 7) is 4.52. The highest BCUT2D eigenvalue weighted by Crippen LogP contribution is 2.22. The molecule has 1 heterocycles. The number of carbonyl (C=O) groups is 1. The van der Waals surface area contributed by atoms with Gasteiger partial charge in [0.05, 0.1) is 17.7 Å². The number of ether oxygens (including phenoxy) is 1. The Balaban J connectivity index is 1.74. The minimum Gasteiger partial charge on any atom is -0.497 e. The smallest absolute Gasteiger partial charge is 0.255 e. The van der Waals surface area contributed by atoms with Gasteiger partial charge in [0.25, 0.3) is 5.91 Å². The van der Waals surface area contributed by atoms with E-state index in [1.165, 1.54) is 0 Å². The molecule has 3 rings (SSSR count). The summed E-state index contributed by atoms with van der Waals surface area (Å²) in [5, 5.41) is 4.50. The van der Waals surface area contributed by atoms with Crippen LogP contribution in [0.5, 0.6) is 5.75 Å². The Morgan fingerprint density at radius 2 is 2.03 bits per heavy atom. The third-order valence-electron chi connectivity index (χ3n) is 4.85. The van der Waals surface area contributed by atoms with Gasteiger partial charge < -0.3 is 14.2 Å². The van der Waals surface area contributed by atoms with Crippen LogP contribution in [0.4, 0.5) is 0 Å². The van der Waals surface area contributed by atoms with Crippen molar-refractivity contribution in [2.75, 3.05) is 13.7 Å². The zero-order valence-electron chi connectivity index (χ0n) is 16.8. The summed E-state index contributed by atoms with van der Waals surface area (Å²) in [6.07, 6.45) is 1.28. The van der Waals surface area contributed by atoms with E-state index < -0.39 is 0 Å². The summed E-state index contributed by atoms with van der Waals surface area (Å²) in [5.74, 6) is 1.59. The van der Waals surface area contributed by atoms with Gasteiger partial charge >= 0.3 is 0 Å². The first-order chi connectivity index (χ1) is 14.0. The van der Waals surface area contributed by atoms with Crippen LogP contribution in [0.15, 0.2) is 53.1 Å². The van der Waals surface area contributed by atoms with Crippen molar-refractivity contribution >= 4 is 17.5 Å². The van der Waals surface area contributed by atoms with Crippen LogP contribution in [0.2, 0.25) is 5.02 Å². The molecule has 0 aliphatic heterocycles. The van der Waals surface area contributed by atoms with Crippen LogP contribution in [-0.4, -0.2) is 40.6 Å². The first kappa shape index (κ1) is 20.9. The number of carbonyl (C=O) groups excluding carboxylic acids is 1. The molecule has 3 aromatic rings. The standard InChI is InChI=1S/C22H24ClN3O3/c1-4-15(2)26(22(27)18-10-5-6-11-19(18)23)13-12-20-24-21(25-29-20)16-8-7-9-17(14-16)28-3/h5-11,14-15H,4,12-13H2,1-3H3/t15-/m0/s1. The van der Waals surface area contributed by atoms with E-state index in [4.69, 9.17) is 20.9 Å². The number of hydrogen-bond donors (Lipinski definition) is 0. The molecule has 0 unspecified atom stereocenters. The Morgan fingerprint density at radius 1 is 1.24 bits per heavy atom. The van der Waals surface area contributed by atoms with Crippen molar-refractivity contribution < 1.29 is 14.1 Å². The molecule has 7 heteroatoms. The van der Waals surface area contributed by atoms with Crippen molar-refractivity contribution in [3.63, 3.8) is 0 Å². The van der Waals surface area contributed by atoms with Gasteiger partial charge in [0.15, 0.2) is 0 Å². The van der Waals surface area contributed by atoms with E-state index in [9.17, 15) is 4.79 Å². The Hall–Kier alpha value is -2.86. The lowest BCUT2D eigenvalue weighted by molar-refractivity contribution is 0.0686. The number of benzene rings is 2. The first-order valence-corrected chi connectivity index (χ1v) is 9.93. The Morgan fingerprint density at radius 3 is 2.76 bits per heavy atom. The lowest BCUT2D eigenvalue weighted by atomic mass is 10.1. The van der Waals surface area contributed by atoms with Crippen LogP contribution in [0.1, 0.15) is 36.5 Å². The van der Waals surface area contributed by atoms with E-state index in [0.717, 1.165) is 17.7 Å². The highest BCUT2D eigenvalue weighted by Gasteiger charge is 2.23. The van der Waals surface area contributed by atoms with E-state index in [1.807, 2.05) is 50.2 Å². The normalized spacial score (nSPS) is 11.9. The van der Waals surface area contributed by atoms with Gasteiger partial charge in [-0.05, 0) is 37.6 Å². The van der Waals surface area contributed by atoms with Crippen molar-refractivity contribution in [3.05, 3.63) is 65.0 Å². The average molecular weight is 414 g/mol. The molecule has 0 aliphatic carbocycles. The number of rotatable bonds is 8. The quantitative estimate of drug-likeness (QED) is 0.526. The molecule has 0 N–H and O–H groups in total. The van der Waals surface area contributed by atoms with Gasteiger partial charge in [0.2, 0.25) is 11.7 Å². The minimum atomic E-state index is -0.0996. The molecular weight excluding hydrogens is 390 g/mol. The molecule has 0 saturated heterocycles. The summed E-state index contributed by atoms with van der Waals surface area (Å²) in [7, 11) is 1.61. The predicted molar refractivity (Wildman–Crippen MR) is 112 cm³/mol. The summed E-state index contributed by atoms with van der Waals surface area (Å²) in [6, 6.07) is 14.6. The van der Waals surface area contributed by atoms with Crippen molar-refractivity contribution in [2.45, 2.75) is 32.7 Å². The van der Waals surface area contributed by atoms with Gasteiger partial charge in [-0.2, -0.15) is 4.98 Å². The van der Waals surface area contributed by atoms with Crippen molar-refractivity contribution in [2.24, 2.45) is 0 Å². The van der Waals surface area contributed by atoms with Crippen LogP contribution < -0.4 is 4.74 Å². The molecule has 1 atom stereocenters. The molecule has 0 bridgehead atoms. The van der Waals surface area contributed by atoms with Crippen LogP contribution in [0.3, 0.4) is 0 Å². The monoisotopic (exact) mass is 413 g/mol. The molecule has 29 heavy (non-hydrogen) atoms. The molecule has 0 aliphatic rings. The number of halogens is 1. The number of aromatic nitrogens is 2. The van der Waals surface area contributed by atoms with Crippen LogP contribution in [0, 0.1) is 0 Å². The van der Waals surface area contributed by atoms with Gasteiger partial charge in [-0.3, -0.25) is 4.79 Å². The van der Waals surface area contributed by atoms with Crippen LogP contribution in [0.25, 0.3) is 11.4 Å². The molecule has 2 aromatic carbocycles. The van der Waals surface area contributed by atoms with E-state index >= 15 is 0 Å². The van der Waals surface area contributed by atoms with Gasteiger partial charge in [-0.1, -0.05) is 47.9 Å². The zero-order valence-corrected chi connectivity index (χ0v) is 17.5. The molecule has 0 saturated carbocycles. The second kappa shape index (κ2) is 9.56. The summed E-state index contributed by atoms with van der Waals surface area (Å²) >= 11 is 6.23. The van der Waals surface area contributed by atoms with Gasteiger partial charge in [0, 0.05) is 24.6 Å². The average Bonchev–Trinajstić information content (AvgIpc) is 3.23. The van der Waals surface area contributed by atoms with Gasteiger partial charge in [-0.25, -0.2) is 0 Å². The fourth-order valence-electron chi connectivity index (χ4n) is 2.98. The van der Waals surface area contributed by atoms with Crippen LogP contribution in [-0.2, 0) is 6.42 Å². The number of methoxy groups -OCH3 is 1. The van der Waals surface area contributed by atoms with Gasteiger partial charge in [-0.15, -0.1) is 0 Å². The van der Waals surface area contributed by atoms with E-state index in [1.54, 1.807) is 24.1 Å². The summed E-state index contributed by atoms with van der Waals surface area (Å²) in [4.78, 5) is 19.3. The molecule has 0 radical (unpaired) electrons. The van der Waals surface area contributed by atoms with Gasteiger partial charge in [0.1, 0.15) is 5.75 Å². The third-order valence-corrected chi connectivity index (χ3v) is 5.18. The van der Waals surface area contributed by atoms with E-state index in [-0.39, 0.29) is 11.9 Å². The maximum atomic E-state index is 13.0. The first-order valence-electron chi connectivity index (χ1n) is 9.56. The van der Waals surface area contributed by atoms with Crippen LogP contribution >= 0.6 is 11.6 Å². The fraction of sp³-hybridized carbons (Fsp3) is 0.318. The number of amides is 1. The van der Waals surface area contributed by atoms with E-state index in [2.05, 4.69) is 10.1 Å². The molecule has 152 valence electrons. The summed E-state index contributed by atoms with van der Waals surface area (Å²) in [5.41, 5.74) is 1.31. The Labute approximate surface area is 175 Å². The predicted octanol–water partition coefficient (Wildman–Crippen LogP) is 4.88. The highest BCUT2D eigenvalue weighted by molar-refractivity contribution is 6.33. The largest absolute Gasteiger partial charge is 0.497 e. The maximum Gasteiger partial charge on any atom is 0.255 e. The van der Waals surface area contributed by atoms with Crippen molar-refractivity contribution in [1.82, 2.24) is 15.0 Å². The number of hydrogen-bond acceptors (Lipinski definition) is 5. The fourth-order valence-corrected chi connectivity index (χ4v) is 3.20. The molecule has 1 amide bonds. The van der Waals surface area contributed by atoms with E-state index in [0.29, 0.717) is 35.3 Å². The Kier molecular flexibility index (Phi) is 6.88. The highest BCUT2D eigenvalue weighted by atomic mass is 35.5. The SMILES string of the molecule is CC[C@H](C)N(CCc1nc(-c2cccc(OC)c2)no1)C(=O)c1ccccc1Cl. The second-order valence-corrected chi connectivity index (χ2v) is 7.14. The topological polar surface area (TPSA) is 68.5 Å². The summed E-state index contributed by atoms with van der Waals surface area (Å²) < 4.78 is 10.6. The molecule has 1 aromatic heterocycles. The number of nitrogens with zero attached hydrogens (tertiary/aromatic N) is 3. The zero-order chi connectivity index (χ0) is 20.8. The lowest BCUT2D eigenvalue weighted by Crippen LogP contribution is -2.40. The van der Waals surface area contributed by atoms with Crippen molar-refractivity contribution in [3.8, 4) is 17.1 Å². The lowest BCUT2D eigenvalue weighted by Gasteiger charge is -2.28. The minimum absolute atomic E-state index is 0.0551. The molecule has 0 fully saturated rings. The molecule has 6 nitrogen and oxygen atoms in total. The molecular formula is C22H24ClN3O3.